The Morgan fingerprint density at radius 2 is 1.63 bits per heavy atom. The van der Waals surface area contributed by atoms with Crippen LogP contribution in [-0.2, 0) is 21.8 Å². The predicted octanol–water partition coefficient (Wildman–Crippen LogP) is 3.47. The number of sulfonamides is 1. The largest absolute Gasteiger partial charge is 0.474 e. The van der Waals surface area contributed by atoms with E-state index in [9.17, 15) is 13.3 Å². The standard InChI is InChI=1S/C34H46N12O5S/c1-23(30-22-38-34(41-47)43(30)3)46(52(4,48)49)25-17-28-29(35-19-25)18-31(45-13-15-50-16-14-45)40-32(28)51-27-7-5-24(6-8-27)39-33-36-20-26(21-37-33)44-11-9-42(2)10-12-44/h17-24,27H,5-16H2,1-4H3,(H,36,37,39). The third-order valence-electron chi connectivity index (χ3n) is 10.2. The van der Waals surface area contributed by atoms with Crippen LogP contribution in [0.4, 0.5) is 29.1 Å². The molecule has 3 fully saturated rings. The molecule has 4 aromatic rings. The second kappa shape index (κ2) is 15.1. The van der Waals surface area contributed by atoms with Crippen LogP contribution in [0, 0.1) is 4.91 Å². The van der Waals surface area contributed by atoms with Crippen LogP contribution in [-0.4, -0.2) is 121 Å². The van der Waals surface area contributed by atoms with E-state index < -0.39 is 16.1 Å². The van der Waals surface area contributed by atoms with E-state index in [0.717, 1.165) is 69.6 Å². The highest BCUT2D eigenvalue weighted by Gasteiger charge is 2.30. The van der Waals surface area contributed by atoms with Crippen LogP contribution in [0.1, 0.15) is 44.3 Å². The molecular weight excluding hydrogens is 689 g/mol. The van der Waals surface area contributed by atoms with Gasteiger partial charge >= 0.3 is 0 Å². The maximum atomic E-state index is 13.3. The number of hydrogen-bond acceptors (Lipinski definition) is 15. The lowest BCUT2D eigenvalue weighted by Crippen LogP contribution is -2.44. The van der Waals surface area contributed by atoms with Gasteiger partial charge in [0.15, 0.2) is 0 Å². The normalized spacial score (nSPS) is 20.8. The van der Waals surface area contributed by atoms with Crippen molar-refractivity contribution in [1.29, 1.82) is 0 Å². The minimum Gasteiger partial charge on any atom is -0.474 e. The Morgan fingerprint density at radius 3 is 2.29 bits per heavy atom. The smallest absolute Gasteiger partial charge is 0.271 e. The number of nitrogens with zero attached hydrogens (tertiary/aromatic N) is 11. The Labute approximate surface area is 303 Å². The number of fused-ring (bicyclic) bond motifs is 1. The number of pyridine rings is 2. The number of piperazine rings is 1. The Kier molecular flexibility index (Phi) is 10.4. The summed E-state index contributed by atoms with van der Waals surface area (Å²) < 4.78 is 41.6. The van der Waals surface area contributed by atoms with E-state index in [-0.39, 0.29) is 18.1 Å². The number of morpholine rings is 1. The lowest BCUT2D eigenvalue weighted by atomic mass is 9.93. The molecule has 3 aliphatic rings. The summed E-state index contributed by atoms with van der Waals surface area (Å²) in [6.07, 6.45) is 11.1. The summed E-state index contributed by atoms with van der Waals surface area (Å²) >= 11 is 0. The molecule has 0 radical (unpaired) electrons. The number of likely N-dealkylation sites (N-methyl/N-ethyl adjacent to an activating group) is 1. The molecule has 1 aliphatic carbocycles. The molecular formula is C34H46N12O5S. The van der Waals surface area contributed by atoms with E-state index in [1.54, 1.807) is 26.2 Å². The molecule has 7 rings (SSSR count). The number of nitroso groups, excluding NO2 is 1. The van der Waals surface area contributed by atoms with Crippen molar-refractivity contribution < 1.29 is 17.9 Å². The quantitative estimate of drug-likeness (QED) is 0.222. The highest BCUT2D eigenvalue weighted by molar-refractivity contribution is 7.92. The lowest BCUT2D eigenvalue weighted by Gasteiger charge is -2.33. The van der Waals surface area contributed by atoms with E-state index >= 15 is 0 Å². The van der Waals surface area contributed by atoms with Gasteiger partial charge in [0, 0.05) is 63.6 Å². The lowest BCUT2D eigenvalue weighted by molar-refractivity contribution is 0.122. The van der Waals surface area contributed by atoms with Crippen LogP contribution >= 0.6 is 0 Å². The molecule has 17 nitrogen and oxygen atoms in total. The summed E-state index contributed by atoms with van der Waals surface area (Å²) in [6.45, 7) is 8.28. The van der Waals surface area contributed by atoms with Crippen molar-refractivity contribution >= 4 is 50.0 Å². The van der Waals surface area contributed by atoms with E-state index in [1.165, 1.54) is 15.1 Å². The van der Waals surface area contributed by atoms with Gasteiger partial charge in [-0.1, -0.05) is 0 Å². The highest BCUT2D eigenvalue weighted by Crippen LogP contribution is 2.37. The molecule has 1 saturated carbocycles. The molecule has 0 bridgehead atoms. The van der Waals surface area contributed by atoms with Gasteiger partial charge < -0.3 is 34.1 Å². The Bertz CT molecular complexity index is 1970. The fourth-order valence-corrected chi connectivity index (χ4v) is 8.40. The predicted molar refractivity (Wildman–Crippen MR) is 199 cm³/mol. The second-order valence-electron chi connectivity index (χ2n) is 13.8. The van der Waals surface area contributed by atoms with Gasteiger partial charge in [0.2, 0.25) is 21.9 Å². The molecule has 0 aromatic carbocycles. The minimum atomic E-state index is -3.82. The molecule has 1 atom stereocenters. The van der Waals surface area contributed by atoms with Crippen molar-refractivity contribution in [3.05, 3.63) is 47.5 Å². The molecule has 2 saturated heterocycles. The first-order valence-electron chi connectivity index (χ1n) is 17.7. The summed E-state index contributed by atoms with van der Waals surface area (Å²) in [4.78, 5) is 41.0. The second-order valence-corrected chi connectivity index (χ2v) is 15.7. The maximum Gasteiger partial charge on any atom is 0.271 e. The Morgan fingerprint density at radius 1 is 0.923 bits per heavy atom. The van der Waals surface area contributed by atoms with Crippen molar-refractivity contribution in [3.63, 3.8) is 0 Å². The third kappa shape index (κ3) is 7.73. The molecule has 4 aromatic heterocycles. The summed E-state index contributed by atoms with van der Waals surface area (Å²) in [6, 6.07) is 3.15. The fourth-order valence-electron chi connectivity index (χ4n) is 7.23. The molecule has 278 valence electrons. The van der Waals surface area contributed by atoms with Crippen molar-refractivity contribution in [2.45, 2.75) is 50.8 Å². The molecule has 1 unspecified atom stereocenters. The minimum absolute atomic E-state index is 0.0426. The molecule has 0 amide bonds. The zero-order valence-corrected chi connectivity index (χ0v) is 30.9. The highest BCUT2D eigenvalue weighted by atomic mass is 32.2. The van der Waals surface area contributed by atoms with Crippen molar-refractivity contribution in [3.8, 4) is 5.88 Å². The fraction of sp³-hybridized carbons (Fsp3) is 0.559. The van der Waals surface area contributed by atoms with Crippen LogP contribution in [0.15, 0.2) is 42.1 Å². The number of ether oxygens (including phenoxy) is 2. The summed E-state index contributed by atoms with van der Waals surface area (Å²) in [5.74, 6) is 1.72. The van der Waals surface area contributed by atoms with Gasteiger partial charge in [0.05, 0.1) is 78.3 Å². The number of imidazole rings is 1. The Balaban J connectivity index is 1.10. The van der Waals surface area contributed by atoms with Gasteiger partial charge in [-0.2, -0.15) is 4.98 Å². The number of rotatable bonds is 11. The number of hydrogen-bond donors (Lipinski definition) is 1. The van der Waals surface area contributed by atoms with Gasteiger partial charge in [0.1, 0.15) is 11.9 Å². The van der Waals surface area contributed by atoms with Crippen molar-refractivity contribution in [2.24, 2.45) is 12.2 Å². The number of nitrogens with one attached hydrogen (secondary N) is 1. The SMILES string of the molecule is CC(c1cnc(N=O)n1C)N(c1cnc2cc(N3CCOCC3)nc(OC3CCC(Nc4ncc(N5CCN(C)CC5)cn4)CC3)c2c1)S(C)(=O)=O. The van der Waals surface area contributed by atoms with Gasteiger partial charge in [-0.05, 0) is 45.7 Å². The third-order valence-corrected chi connectivity index (χ3v) is 11.5. The van der Waals surface area contributed by atoms with Crippen molar-refractivity contribution in [2.75, 3.05) is 85.2 Å². The summed E-state index contributed by atoms with van der Waals surface area (Å²) in [7, 11) is -0.0514. The average molecular weight is 735 g/mol. The van der Waals surface area contributed by atoms with Gasteiger partial charge in [-0.25, -0.2) is 23.4 Å². The van der Waals surface area contributed by atoms with E-state index in [0.29, 0.717) is 60.4 Å². The van der Waals surface area contributed by atoms with E-state index in [4.69, 9.17) is 19.4 Å². The monoisotopic (exact) mass is 734 g/mol. The van der Waals surface area contributed by atoms with Crippen LogP contribution in [0.5, 0.6) is 5.88 Å². The first-order valence-corrected chi connectivity index (χ1v) is 19.6. The van der Waals surface area contributed by atoms with Gasteiger partial charge in [0.25, 0.3) is 5.95 Å². The van der Waals surface area contributed by atoms with Crippen LogP contribution in [0.25, 0.3) is 10.9 Å². The van der Waals surface area contributed by atoms with Crippen molar-refractivity contribution in [1.82, 2.24) is 34.4 Å². The first kappa shape index (κ1) is 35.7. The summed E-state index contributed by atoms with van der Waals surface area (Å²) in [5.41, 5.74) is 2.51. The zero-order chi connectivity index (χ0) is 36.4. The number of aromatic nitrogens is 6. The van der Waals surface area contributed by atoms with Gasteiger partial charge in [-0.3, -0.25) is 9.29 Å². The molecule has 52 heavy (non-hydrogen) atoms. The van der Waals surface area contributed by atoms with Crippen LogP contribution in [0.3, 0.4) is 0 Å². The maximum absolute atomic E-state index is 13.3. The molecule has 18 heteroatoms. The molecule has 1 N–H and O–H groups in total. The Hall–Kier alpha value is -4.68. The molecule has 6 heterocycles. The van der Waals surface area contributed by atoms with Crippen LogP contribution in [0.2, 0.25) is 0 Å². The zero-order valence-electron chi connectivity index (χ0n) is 30.1. The van der Waals surface area contributed by atoms with E-state index in [1.807, 2.05) is 18.5 Å². The number of anilines is 4. The first-order chi connectivity index (χ1) is 25.1. The average Bonchev–Trinajstić information content (AvgIpc) is 3.53. The molecule has 0 spiro atoms. The van der Waals surface area contributed by atoms with E-state index in [2.05, 4.69) is 47.2 Å². The molecule has 2 aliphatic heterocycles. The topological polar surface area (TPSA) is 176 Å². The summed E-state index contributed by atoms with van der Waals surface area (Å²) in [5, 5.41) is 7.05. The van der Waals surface area contributed by atoms with Gasteiger partial charge in [-0.15, -0.1) is 4.91 Å². The van der Waals surface area contributed by atoms with Crippen LogP contribution < -0.4 is 24.2 Å².